The molecule has 134 valence electrons. The molecule has 0 saturated carbocycles. The van der Waals surface area contributed by atoms with Crippen LogP contribution in [0.4, 0.5) is 5.69 Å². The molecule has 2 aromatic carbocycles. The molecule has 8 heteroatoms. The summed E-state index contributed by atoms with van der Waals surface area (Å²) >= 11 is 0. The van der Waals surface area contributed by atoms with Crippen molar-refractivity contribution in [1.29, 1.82) is 0 Å². The molecule has 2 N–H and O–H groups in total. The van der Waals surface area contributed by atoms with E-state index >= 15 is 0 Å². The standard InChI is InChI=1S/C18H17N3O5/c1-12(22)20-14-3-5-15(6-4-14)24-10-18(23)21-19-9-13-2-7-16-17(8-13)26-11-25-16/h2-9H,10-11H2,1H3,(H,20,22)(H,21,23)/b19-9+. The predicted molar refractivity (Wildman–Crippen MR) is 94.5 cm³/mol. The van der Waals surface area contributed by atoms with E-state index in [0.29, 0.717) is 22.9 Å². The first kappa shape index (κ1) is 17.3. The number of carbonyl (C=O) groups excluding carboxylic acids is 2. The third-order valence-electron chi connectivity index (χ3n) is 3.34. The van der Waals surface area contributed by atoms with E-state index in [-0.39, 0.29) is 19.3 Å². The van der Waals surface area contributed by atoms with Gasteiger partial charge in [-0.2, -0.15) is 5.10 Å². The Morgan fingerprint density at radius 2 is 1.92 bits per heavy atom. The Balaban J connectivity index is 1.44. The second kappa shape index (κ2) is 8.02. The molecule has 0 radical (unpaired) electrons. The predicted octanol–water partition coefficient (Wildman–Crippen LogP) is 1.90. The van der Waals surface area contributed by atoms with Gasteiger partial charge in [-0.15, -0.1) is 0 Å². The Bertz CT molecular complexity index is 833. The maximum absolute atomic E-state index is 11.8. The molecule has 0 unspecified atom stereocenters. The molecule has 0 bridgehead atoms. The number of carbonyl (C=O) groups is 2. The van der Waals surface area contributed by atoms with Crippen LogP contribution in [0.3, 0.4) is 0 Å². The summed E-state index contributed by atoms with van der Waals surface area (Å²) in [6, 6.07) is 12.0. The zero-order valence-electron chi connectivity index (χ0n) is 14.0. The van der Waals surface area contributed by atoms with Crippen LogP contribution in [0, 0.1) is 0 Å². The van der Waals surface area contributed by atoms with Crippen molar-refractivity contribution in [2.75, 3.05) is 18.7 Å². The van der Waals surface area contributed by atoms with Gasteiger partial charge in [-0.25, -0.2) is 5.43 Å². The van der Waals surface area contributed by atoms with Gasteiger partial charge in [0.15, 0.2) is 18.1 Å². The number of ether oxygens (including phenoxy) is 3. The number of nitrogens with one attached hydrogen (secondary N) is 2. The summed E-state index contributed by atoms with van der Waals surface area (Å²) in [7, 11) is 0. The lowest BCUT2D eigenvalue weighted by molar-refractivity contribution is -0.123. The first-order valence-corrected chi connectivity index (χ1v) is 7.82. The number of hydrogen-bond donors (Lipinski definition) is 2. The van der Waals surface area contributed by atoms with E-state index in [2.05, 4.69) is 15.8 Å². The van der Waals surface area contributed by atoms with Crippen LogP contribution in [-0.4, -0.2) is 31.4 Å². The van der Waals surface area contributed by atoms with Crippen molar-refractivity contribution < 1.29 is 23.8 Å². The van der Waals surface area contributed by atoms with Gasteiger partial charge in [0.25, 0.3) is 5.91 Å². The highest BCUT2D eigenvalue weighted by Gasteiger charge is 2.12. The monoisotopic (exact) mass is 355 g/mol. The number of rotatable bonds is 6. The molecule has 0 atom stereocenters. The van der Waals surface area contributed by atoms with E-state index in [4.69, 9.17) is 14.2 Å². The van der Waals surface area contributed by atoms with Gasteiger partial charge >= 0.3 is 0 Å². The van der Waals surface area contributed by atoms with E-state index in [1.54, 1.807) is 42.5 Å². The Kier molecular flexibility index (Phi) is 5.33. The van der Waals surface area contributed by atoms with Crippen LogP contribution >= 0.6 is 0 Å². The number of anilines is 1. The van der Waals surface area contributed by atoms with Gasteiger partial charge in [0.05, 0.1) is 6.21 Å². The van der Waals surface area contributed by atoms with E-state index < -0.39 is 5.91 Å². The SMILES string of the molecule is CC(=O)Nc1ccc(OCC(=O)N/N=C/c2ccc3c(c2)OCO3)cc1. The summed E-state index contributed by atoms with van der Waals surface area (Å²) in [4.78, 5) is 22.7. The highest BCUT2D eigenvalue weighted by Crippen LogP contribution is 2.31. The van der Waals surface area contributed by atoms with Crippen LogP contribution in [0.15, 0.2) is 47.6 Å². The summed E-state index contributed by atoms with van der Waals surface area (Å²) in [5.74, 6) is 1.29. The maximum atomic E-state index is 11.8. The van der Waals surface area contributed by atoms with Crippen molar-refractivity contribution in [3.63, 3.8) is 0 Å². The average molecular weight is 355 g/mol. The van der Waals surface area contributed by atoms with Crippen molar-refractivity contribution in [1.82, 2.24) is 5.43 Å². The second-order valence-electron chi connectivity index (χ2n) is 5.40. The number of benzene rings is 2. The molecule has 2 amide bonds. The Morgan fingerprint density at radius 1 is 1.15 bits per heavy atom. The van der Waals surface area contributed by atoms with Crippen LogP contribution in [0.25, 0.3) is 0 Å². The van der Waals surface area contributed by atoms with Crippen molar-refractivity contribution in [2.24, 2.45) is 5.10 Å². The van der Waals surface area contributed by atoms with Gasteiger partial charge in [0.1, 0.15) is 5.75 Å². The normalized spacial score (nSPS) is 12.0. The summed E-state index contributed by atoms with van der Waals surface area (Å²) in [6.45, 7) is 1.45. The molecular weight excluding hydrogens is 338 g/mol. The molecule has 0 saturated heterocycles. The zero-order chi connectivity index (χ0) is 18.4. The van der Waals surface area contributed by atoms with E-state index in [1.165, 1.54) is 13.1 Å². The fourth-order valence-corrected chi connectivity index (χ4v) is 2.19. The molecule has 8 nitrogen and oxygen atoms in total. The molecular formula is C18H17N3O5. The number of fused-ring (bicyclic) bond motifs is 1. The molecule has 1 aliphatic rings. The fraction of sp³-hybridized carbons (Fsp3) is 0.167. The first-order valence-electron chi connectivity index (χ1n) is 7.82. The third kappa shape index (κ3) is 4.73. The molecule has 26 heavy (non-hydrogen) atoms. The summed E-state index contributed by atoms with van der Waals surface area (Å²) in [5.41, 5.74) is 3.81. The summed E-state index contributed by atoms with van der Waals surface area (Å²) in [6.07, 6.45) is 1.50. The largest absolute Gasteiger partial charge is 0.484 e. The van der Waals surface area contributed by atoms with Crippen LogP contribution in [0.1, 0.15) is 12.5 Å². The fourth-order valence-electron chi connectivity index (χ4n) is 2.19. The van der Waals surface area contributed by atoms with Crippen molar-refractivity contribution in [2.45, 2.75) is 6.92 Å². The van der Waals surface area contributed by atoms with Gasteiger partial charge in [-0.3, -0.25) is 9.59 Å². The first-order chi connectivity index (χ1) is 12.6. The lowest BCUT2D eigenvalue weighted by Crippen LogP contribution is -2.24. The Morgan fingerprint density at radius 3 is 2.69 bits per heavy atom. The Hall–Kier alpha value is -3.55. The average Bonchev–Trinajstić information content (AvgIpc) is 3.08. The topological polar surface area (TPSA) is 98.2 Å². The molecule has 0 spiro atoms. The van der Waals surface area contributed by atoms with Gasteiger partial charge in [0, 0.05) is 12.6 Å². The maximum Gasteiger partial charge on any atom is 0.277 e. The molecule has 2 aromatic rings. The van der Waals surface area contributed by atoms with Gasteiger partial charge in [0.2, 0.25) is 12.7 Å². The molecule has 1 aliphatic heterocycles. The summed E-state index contributed by atoms with van der Waals surface area (Å²) in [5, 5.41) is 6.52. The minimum Gasteiger partial charge on any atom is -0.484 e. The van der Waals surface area contributed by atoms with Crippen LogP contribution in [0.2, 0.25) is 0 Å². The highest BCUT2D eigenvalue weighted by atomic mass is 16.7. The minimum absolute atomic E-state index is 0.154. The van der Waals surface area contributed by atoms with Crippen molar-refractivity contribution >= 4 is 23.7 Å². The van der Waals surface area contributed by atoms with Crippen LogP contribution in [-0.2, 0) is 9.59 Å². The highest BCUT2D eigenvalue weighted by molar-refractivity contribution is 5.88. The van der Waals surface area contributed by atoms with Gasteiger partial charge in [-0.1, -0.05) is 0 Å². The lowest BCUT2D eigenvalue weighted by Gasteiger charge is -2.06. The quantitative estimate of drug-likeness (QED) is 0.609. The molecule has 0 aliphatic carbocycles. The number of nitrogens with zero attached hydrogens (tertiary/aromatic N) is 1. The third-order valence-corrected chi connectivity index (χ3v) is 3.34. The lowest BCUT2D eigenvalue weighted by atomic mass is 10.2. The Labute approximate surface area is 149 Å². The molecule has 0 aromatic heterocycles. The molecule has 0 fully saturated rings. The van der Waals surface area contributed by atoms with E-state index in [9.17, 15) is 9.59 Å². The second-order valence-corrected chi connectivity index (χ2v) is 5.40. The minimum atomic E-state index is -0.395. The van der Waals surface area contributed by atoms with Gasteiger partial charge in [-0.05, 0) is 48.0 Å². The van der Waals surface area contributed by atoms with Crippen LogP contribution in [0.5, 0.6) is 17.2 Å². The molecule has 1 heterocycles. The number of amides is 2. The molecule has 3 rings (SSSR count). The smallest absolute Gasteiger partial charge is 0.277 e. The number of hydrazone groups is 1. The van der Waals surface area contributed by atoms with Crippen molar-refractivity contribution in [3.8, 4) is 17.2 Å². The summed E-state index contributed by atoms with van der Waals surface area (Å²) < 4.78 is 15.8. The number of hydrogen-bond acceptors (Lipinski definition) is 6. The van der Waals surface area contributed by atoms with E-state index in [1.807, 2.05) is 0 Å². The van der Waals surface area contributed by atoms with Gasteiger partial charge < -0.3 is 19.5 Å². The van der Waals surface area contributed by atoms with Crippen LogP contribution < -0.4 is 25.0 Å². The van der Waals surface area contributed by atoms with E-state index in [0.717, 1.165) is 5.56 Å². The zero-order valence-corrected chi connectivity index (χ0v) is 14.0. The van der Waals surface area contributed by atoms with Crippen molar-refractivity contribution in [3.05, 3.63) is 48.0 Å².